The molecule has 1 aromatic heterocycles. The van der Waals surface area contributed by atoms with Gasteiger partial charge in [-0.25, -0.2) is 4.98 Å². The average molecular weight is 303 g/mol. The zero-order valence-corrected chi connectivity index (χ0v) is 13.3. The molecule has 0 saturated carbocycles. The van der Waals surface area contributed by atoms with Crippen molar-refractivity contribution < 1.29 is 4.74 Å². The second-order valence-corrected chi connectivity index (χ2v) is 6.35. The molecule has 0 aliphatic carbocycles. The van der Waals surface area contributed by atoms with Crippen LogP contribution in [0.5, 0.6) is 0 Å². The fourth-order valence-electron chi connectivity index (χ4n) is 2.58. The van der Waals surface area contributed by atoms with Gasteiger partial charge in [0.05, 0.1) is 18.3 Å². The molecular weight excluding hydrogens is 282 g/mol. The van der Waals surface area contributed by atoms with Crippen LogP contribution in [0.3, 0.4) is 0 Å². The molecule has 112 valence electrons. The molecule has 1 aliphatic rings. The highest BCUT2D eigenvalue weighted by Gasteiger charge is 2.24. The maximum Gasteiger partial charge on any atom is 0.186 e. The number of hydrogen-bond acceptors (Lipinski definition) is 5. The highest BCUT2D eigenvalue weighted by molar-refractivity contribution is 7.16. The Labute approximate surface area is 129 Å². The molecule has 5 heteroatoms. The number of rotatable bonds is 5. The monoisotopic (exact) mass is 303 g/mol. The fourth-order valence-corrected chi connectivity index (χ4v) is 3.70. The zero-order valence-electron chi connectivity index (χ0n) is 12.5. The molecule has 2 heterocycles. The summed E-state index contributed by atoms with van der Waals surface area (Å²) in [5.74, 6) is 0. The fraction of sp³-hybridized carbons (Fsp3) is 0.438. The predicted molar refractivity (Wildman–Crippen MR) is 87.9 cm³/mol. The Morgan fingerprint density at radius 2 is 2.19 bits per heavy atom. The Hall–Kier alpha value is -1.43. The summed E-state index contributed by atoms with van der Waals surface area (Å²) in [5, 5.41) is 4.32. The number of likely N-dealkylation sites (N-methyl/N-ethyl adjacent to an activating group) is 1. The van der Waals surface area contributed by atoms with Gasteiger partial charge in [-0.05, 0) is 13.5 Å². The summed E-state index contributed by atoms with van der Waals surface area (Å²) >= 11 is 1.77. The van der Waals surface area contributed by atoms with Crippen molar-refractivity contribution in [3.8, 4) is 11.3 Å². The Morgan fingerprint density at radius 1 is 1.38 bits per heavy atom. The second-order valence-electron chi connectivity index (χ2n) is 5.29. The van der Waals surface area contributed by atoms with Gasteiger partial charge in [0.15, 0.2) is 5.13 Å². The quantitative estimate of drug-likeness (QED) is 0.921. The van der Waals surface area contributed by atoms with Gasteiger partial charge < -0.3 is 15.0 Å². The number of hydrogen-bond donors (Lipinski definition) is 1. The maximum absolute atomic E-state index is 5.49. The van der Waals surface area contributed by atoms with Crippen LogP contribution >= 0.6 is 11.3 Å². The summed E-state index contributed by atoms with van der Waals surface area (Å²) < 4.78 is 5.49. The van der Waals surface area contributed by atoms with Crippen LogP contribution in [0.15, 0.2) is 30.3 Å². The van der Waals surface area contributed by atoms with E-state index in [4.69, 9.17) is 9.72 Å². The van der Waals surface area contributed by atoms with E-state index in [9.17, 15) is 0 Å². The Bertz CT molecular complexity index is 578. The number of nitrogens with zero attached hydrogens (tertiary/aromatic N) is 2. The van der Waals surface area contributed by atoms with Crippen molar-refractivity contribution in [3.63, 3.8) is 0 Å². The molecule has 2 aromatic rings. The molecule has 1 unspecified atom stereocenters. The first-order valence-corrected chi connectivity index (χ1v) is 8.11. The smallest absolute Gasteiger partial charge is 0.186 e. The first-order chi connectivity index (χ1) is 10.3. The summed E-state index contributed by atoms with van der Waals surface area (Å²) in [6.07, 6.45) is 1.08. The number of nitrogens with one attached hydrogen (secondary N) is 1. The lowest BCUT2D eigenvalue weighted by atomic mass is 10.1. The Balaban J connectivity index is 1.92. The maximum atomic E-state index is 5.49. The van der Waals surface area contributed by atoms with Crippen LogP contribution in [0.4, 0.5) is 5.13 Å². The van der Waals surface area contributed by atoms with Crippen molar-refractivity contribution >= 4 is 16.5 Å². The molecular formula is C16H21N3OS. The molecule has 0 bridgehead atoms. The van der Waals surface area contributed by atoms with Crippen LogP contribution in [-0.2, 0) is 11.3 Å². The number of thiazole rings is 1. The molecule has 3 rings (SSSR count). The SMILES string of the molecule is CNCc1sc(N(C)C2CCOC2)nc1-c1ccccc1. The van der Waals surface area contributed by atoms with Gasteiger partial charge in [-0.15, -0.1) is 0 Å². The van der Waals surface area contributed by atoms with E-state index in [0.717, 1.165) is 37.0 Å². The molecule has 1 aliphatic heterocycles. The number of anilines is 1. The molecule has 1 fully saturated rings. The Kier molecular flexibility index (Phi) is 4.53. The number of aromatic nitrogens is 1. The molecule has 0 radical (unpaired) electrons. The molecule has 4 nitrogen and oxygen atoms in total. The Morgan fingerprint density at radius 3 is 2.86 bits per heavy atom. The largest absolute Gasteiger partial charge is 0.379 e. The van der Waals surface area contributed by atoms with Crippen LogP contribution in [0.25, 0.3) is 11.3 Å². The van der Waals surface area contributed by atoms with Gasteiger partial charge in [-0.2, -0.15) is 0 Å². The molecule has 0 amide bonds. The lowest BCUT2D eigenvalue weighted by molar-refractivity contribution is 0.193. The third-order valence-electron chi connectivity index (χ3n) is 3.83. The number of ether oxygens (including phenoxy) is 1. The van der Waals surface area contributed by atoms with Crippen LogP contribution in [0.2, 0.25) is 0 Å². The van der Waals surface area contributed by atoms with Crippen molar-refractivity contribution in [1.29, 1.82) is 0 Å². The van der Waals surface area contributed by atoms with Gasteiger partial charge in [0.1, 0.15) is 0 Å². The first kappa shape index (κ1) is 14.5. The lowest BCUT2D eigenvalue weighted by Crippen LogP contribution is -2.31. The minimum atomic E-state index is 0.446. The zero-order chi connectivity index (χ0) is 14.7. The van der Waals surface area contributed by atoms with Gasteiger partial charge in [-0.1, -0.05) is 41.7 Å². The van der Waals surface area contributed by atoms with E-state index in [1.807, 2.05) is 13.1 Å². The van der Waals surface area contributed by atoms with Gasteiger partial charge >= 0.3 is 0 Å². The average Bonchev–Trinajstić information content (AvgIpc) is 3.18. The van der Waals surface area contributed by atoms with E-state index in [0.29, 0.717) is 6.04 Å². The topological polar surface area (TPSA) is 37.4 Å². The van der Waals surface area contributed by atoms with E-state index in [1.54, 1.807) is 11.3 Å². The molecule has 21 heavy (non-hydrogen) atoms. The predicted octanol–water partition coefficient (Wildman–Crippen LogP) is 2.75. The lowest BCUT2D eigenvalue weighted by Gasteiger charge is -2.21. The minimum Gasteiger partial charge on any atom is -0.379 e. The van der Waals surface area contributed by atoms with E-state index >= 15 is 0 Å². The minimum absolute atomic E-state index is 0.446. The van der Waals surface area contributed by atoms with Gasteiger partial charge in [0, 0.05) is 30.6 Å². The normalized spacial score (nSPS) is 18.1. The molecule has 1 aromatic carbocycles. The second kappa shape index (κ2) is 6.56. The molecule has 1 atom stereocenters. The highest BCUT2D eigenvalue weighted by Crippen LogP contribution is 2.34. The van der Waals surface area contributed by atoms with Crippen molar-refractivity contribution in [2.45, 2.75) is 19.0 Å². The molecule has 0 spiro atoms. The van der Waals surface area contributed by atoms with E-state index < -0.39 is 0 Å². The third-order valence-corrected chi connectivity index (χ3v) is 4.97. The number of benzene rings is 1. The third kappa shape index (κ3) is 3.10. The summed E-state index contributed by atoms with van der Waals surface area (Å²) in [7, 11) is 4.10. The summed E-state index contributed by atoms with van der Waals surface area (Å²) in [6.45, 7) is 2.50. The standard InChI is InChI=1S/C16H21N3OS/c1-17-10-14-15(12-6-4-3-5-7-12)18-16(21-14)19(2)13-8-9-20-11-13/h3-7,13,17H,8-11H2,1-2H3. The van der Waals surface area contributed by atoms with Crippen molar-refractivity contribution in [3.05, 3.63) is 35.2 Å². The first-order valence-electron chi connectivity index (χ1n) is 7.30. The van der Waals surface area contributed by atoms with Crippen LogP contribution in [0.1, 0.15) is 11.3 Å². The van der Waals surface area contributed by atoms with Crippen LogP contribution in [0, 0.1) is 0 Å². The van der Waals surface area contributed by atoms with E-state index in [2.05, 4.69) is 41.5 Å². The summed E-state index contributed by atoms with van der Waals surface area (Å²) in [5.41, 5.74) is 2.28. The summed E-state index contributed by atoms with van der Waals surface area (Å²) in [4.78, 5) is 8.44. The van der Waals surface area contributed by atoms with Gasteiger partial charge in [0.2, 0.25) is 0 Å². The van der Waals surface area contributed by atoms with Crippen molar-refractivity contribution in [2.75, 3.05) is 32.2 Å². The van der Waals surface area contributed by atoms with Crippen molar-refractivity contribution in [1.82, 2.24) is 10.3 Å². The highest BCUT2D eigenvalue weighted by atomic mass is 32.1. The van der Waals surface area contributed by atoms with Crippen molar-refractivity contribution in [2.24, 2.45) is 0 Å². The molecule has 1 saturated heterocycles. The molecule has 1 N–H and O–H groups in total. The van der Waals surface area contributed by atoms with Crippen LogP contribution in [-0.4, -0.2) is 38.3 Å². The van der Waals surface area contributed by atoms with E-state index in [1.165, 1.54) is 10.4 Å². The van der Waals surface area contributed by atoms with E-state index in [-0.39, 0.29) is 0 Å². The van der Waals surface area contributed by atoms with Gasteiger partial charge in [0.25, 0.3) is 0 Å². The van der Waals surface area contributed by atoms with Crippen LogP contribution < -0.4 is 10.2 Å². The summed E-state index contributed by atoms with van der Waals surface area (Å²) in [6, 6.07) is 10.9. The van der Waals surface area contributed by atoms with Gasteiger partial charge in [-0.3, -0.25) is 0 Å².